The molecule has 0 unspecified atom stereocenters. The molecular formula is C12H16Br2N4O. The Kier molecular flexibility index (Phi) is 4.70. The zero-order valence-electron chi connectivity index (χ0n) is 10.4. The van der Waals surface area contributed by atoms with Gasteiger partial charge in [-0.25, -0.2) is 4.79 Å². The molecule has 19 heavy (non-hydrogen) atoms. The molecule has 0 aromatic heterocycles. The number of urea groups is 1. The van der Waals surface area contributed by atoms with E-state index < -0.39 is 0 Å². The molecule has 4 N–H and O–H groups in total. The summed E-state index contributed by atoms with van der Waals surface area (Å²) in [5.74, 6) is 0. The van der Waals surface area contributed by atoms with Gasteiger partial charge in [-0.05, 0) is 33.6 Å². The smallest absolute Gasteiger partial charge is 0.314 e. The Hall–Kier alpha value is -0.790. The lowest BCUT2D eigenvalue weighted by Crippen LogP contribution is -2.50. The van der Waals surface area contributed by atoms with Crippen molar-refractivity contribution in [2.24, 2.45) is 5.73 Å². The second-order valence-electron chi connectivity index (χ2n) is 4.56. The molecule has 0 radical (unpaired) electrons. The average molecular weight is 392 g/mol. The average Bonchev–Trinajstić information content (AvgIpc) is 2.36. The number of nitrogens with two attached hydrogens (primary N) is 2. The number of rotatable bonds is 2. The van der Waals surface area contributed by atoms with Crippen molar-refractivity contribution in [2.45, 2.75) is 6.54 Å². The Labute approximate surface area is 129 Å². The number of hydrogen-bond donors (Lipinski definition) is 2. The van der Waals surface area contributed by atoms with Crippen molar-refractivity contribution in [3.63, 3.8) is 0 Å². The molecule has 2 rings (SSSR count). The maximum atomic E-state index is 11.1. The summed E-state index contributed by atoms with van der Waals surface area (Å²) < 4.78 is 1.90. The molecule has 0 bridgehead atoms. The summed E-state index contributed by atoms with van der Waals surface area (Å²) in [5.41, 5.74) is 13.2. The number of benzene rings is 1. The van der Waals surface area contributed by atoms with Crippen LogP contribution < -0.4 is 11.5 Å². The van der Waals surface area contributed by atoms with E-state index in [-0.39, 0.29) is 6.03 Å². The minimum Gasteiger partial charge on any atom is -0.398 e. The van der Waals surface area contributed by atoms with Crippen molar-refractivity contribution in [1.82, 2.24) is 9.80 Å². The van der Waals surface area contributed by atoms with Crippen molar-refractivity contribution in [3.05, 3.63) is 26.6 Å². The molecule has 0 saturated carbocycles. The zero-order chi connectivity index (χ0) is 14.0. The highest BCUT2D eigenvalue weighted by Crippen LogP contribution is 2.29. The first kappa shape index (κ1) is 14.6. The molecule has 0 atom stereocenters. The Morgan fingerprint density at radius 1 is 1.21 bits per heavy atom. The van der Waals surface area contributed by atoms with E-state index in [1.165, 1.54) is 0 Å². The lowest BCUT2D eigenvalue weighted by atomic mass is 10.1. The van der Waals surface area contributed by atoms with Crippen LogP contribution in [-0.2, 0) is 6.54 Å². The largest absolute Gasteiger partial charge is 0.398 e. The van der Waals surface area contributed by atoms with Gasteiger partial charge >= 0.3 is 6.03 Å². The number of halogens is 2. The molecule has 1 fully saturated rings. The highest BCUT2D eigenvalue weighted by atomic mass is 79.9. The molecule has 1 aliphatic heterocycles. The lowest BCUT2D eigenvalue weighted by Gasteiger charge is -2.34. The van der Waals surface area contributed by atoms with Gasteiger partial charge in [-0.3, -0.25) is 4.90 Å². The van der Waals surface area contributed by atoms with E-state index in [0.29, 0.717) is 13.1 Å². The van der Waals surface area contributed by atoms with Crippen LogP contribution in [0.15, 0.2) is 21.1 Å². The maximum Gasteiger partial charge on any atom is 0.314 e. The van der Waals surface area contributed by atoms with Crippen LogP contribution in [0.5, 0.6) is 0 Å². The number of hydrogen-bond acceptors (Lipinski definition) is 3. The van der Waals surface area contributed by atoms with E-state index >= 15 is 0 Å². The van der Waals surface area contributed by atoms with Gasteiger partial charge in [0.25, 0.3) is 0 Å². The predicted octanol–water partition coefficient (Wildman–Crippen LogP) is 1.99. The molecule has 2 amide bonds. The number of anilines is 1. The number of amides is 2. The van der Waals surface area contributed by atoms with E-state index in [1.54, 1.807) is 4.90 Å². The molecule has 0 aliphatic carbocycles. The number of carbonyl (C=O) groups excluding carboxylic acids is 1. The van der Waals surface area contributed by atoms with Gasteiger partial charge < -0.3 is 16.4 Å². The number of carbonyl (C=O) groups is 1. The summed E-state index contributed by atoms with van der Waals surface area (Å²) in [6, 6.07) is 3.62. The Balaban J connectivity index is 2.01. The van der Waals surface area contributed by atoms with Crippen LogP contribution in [0.1, 0.15) is 5.56 Å². The quantitative estimate of drug-likeness (QED) is 0.757. The van der Waals surface area contributed by atoms with Gasteiger partial charge in [0.1, 0.15) is 0 Å². The number of piperazine rings is 1. The highest BCUT2D eigenvalue weighted by Gasteiger charge is 2.20. The van der Waals surface area contributed by atoms with Crippen molar-refractivity contribution in [3.8, 4) is 0 Å². The first-order chi connectivity index (χ1) is 8.97. The summed E-state index contributed by atoms with van der Waals surface area (Å²) >= 11 is 6.91. The fourth-order valence-corrected chi connectivity index (χ4v) is 3.45. The van der Waals surface area contributed by atoms with Crippen LogP contribution in [0.25, 0.3) is 0 Å². The summed E-state index contributed by atoms with van der Waals surface area (Å²) in [6.45, 7) is 3.74. The van der Waals surface area contributed by atoms with E-state index in [1.807, 2.05) is 12.1 Å². The van der Waals surface area contributed by atoms with Crippen LogP contribution >= 0.6 is 31.9 Å². The predicted molar refractivity (Wildman–Crippen MR) is 82.7 cm³/mol. The topological polar surface area (TPSA) is 75.6 Å². The fraction of sp³-hybridized carbons (Fsp3) is 0.417. The van der Waals surface area contributed by atoms with Gasteiger partial charge in [0.2, 0.25) is 0 Å². The fourth-order valence-electron chi connectivity index (χ4n) is 2.14. The minimum absolute atomic E-state index is 0.343. The van der Waals surface area contributed by atoms with Crippen LogP contribution in [0.3, 0.4) is 0 Å². The molecule has 0 spiro atoms. The van der Waals surface area contributed by atoms with Gasteiger partial charge in [0.05, 0.1) is 5.69 Å². The van der Waals surface area contributed by atoms with Crippen molar-refractivity contribution in [1.29, 1.82) is 0 Å². The van der Waals surface area contributed by atoms with Gasteiger partial charge in [0, 0.05) is 41.7 Å². The molecule has 1 saturated heterocycles. The van der Waals surface area contributed by atoms with E-state index in [9.17, 15) is 4.79 Å². The second kappa shape index (κ2) is 6.11. The minimum atomic E-state index is -0.343. The van der Waals surface area contributed by atoms with E-state index in [4.69, 9.17) is 11.5 Å². The molecule has 104 valence electrons. The van der Waals surface area contributed by atoms with Crippen LogP contribution in [0.4, 0.5) is 10.5 Å². The van der Waals surface area contributed by atoms with Crippen molar-refractivity contribution >= 4 is 43.6 Å². The summed E-state index contributed by atoms with van der Waals surface area (Å²) in [6.07, 6.45) is 0. The van der Waals surface area contributed by atoms with Gasteiger partial charge in [-0.1, -0.05) is 15.9 Å². The van der Waals surface area contributed by atoms with Gasteiger partial charge in [-0.2, -0.15) is 0 Å². The lowest BCUT2D eigenvalue weighted by molar-refractivity contribution is 0.140. The molecule has 7 heteroatoms. The normalized spacial score (nSPS) is 16.6. The van der Waals surface area contributed by atoms with Crippen molar-refractivity contribution < 1.29 is 4.79 Å². The van der Waals surface area contributed by atoms with Gasteiger partial charge in [0.15, 0.2) is 0 Å². The van der Waals surface area contributed by atoms with Crippen molar-refractivity contribution in [2.75, 3.05) is 31.9 Å². The first-order valence-corrected chi connectivity index (χ1v) is 7.56. The number of primary amides is 1. The third-order valence-corrected chi connectivity index (χ3v) is 4.37. The first-order valence-electron chi connectivity index (χ1n) is 5.97. The summed E-state index contributed by atoms with van der Waals surface area (Å²) in [5, 5.41) is 0. The van der Waals surface area contributed by atoms with Crippen LogP contribution in [0, 0.1) is 0 Å². The molecule has 1 aromatic rings. The highest BCUT2D eigenvalue weighted by molar-refractivity contribution is 9.11. The van der Waals surface area contributed by atoms with E-state index in [0.717, 1.165) is 39.8 Å². The zero-order valence-corrected chi connectivity index (χ0v) is 13.6. The number of nitrogens with zero attached hydrogens (tertiary/aromatic N) is 2. The third kappa shape index (κ3) is 3.61. The Morgan fingerprint density at radius 2 is 1.84 bits per heavy atom. The molecule has 1 aliphatic rings. The third-order valence-electron chi connectivity index (χ3n) is 3.26. The second-order valence-corrected chi connectivity index (χ2v) is 6.33. The molecule has 1 aromatic carbocycles. The SMILES string of the molecule is NC(=O)N1CCN(Cc2cc(Br)cc(Br)c2N)CC1. The standard InChI is InChI=1S/C12H16Br2N4O/c13-9-5-8(11(15)10(14)6-9)7-17-1-3-18(4-2-17)12(16)19/h5-6H,1-4,7,15H2,(H2,16,19). The summed E-state index contributed by atoms with van der Waals surface area (Å²) in [7, 11) is 0. The van der Waals surface area contributed by atoms with Gasteiger partial charge in [-0.15, -0.1) is 0 Å². The molecule has 5 nitrogen and oxygen atoms in total. The van der Waals surface area contributed by atoms with Crippen LogP contribution in [0.2, 0.25) is 0 Å². The maximum absolute atomic E-state index is 11.1. The van der Waals surface area contributed by atoms with Crippen LogP contribution in [-0.4, -0.2) is 42.0 Å². The molecule has 1 heterocycles. The summed E-state index contributed by atoms with van der Waals surface area (Å²) in [4.78, 5) is 15.0. The van der Waals surface area contributed by atoms with E-state index in [2.05, 4.69) is 36.8 Å². The molecular weight excluding hydrogens is 376 g/mol. The Morgan fingerprint density at radius 3 is 2.42 bits per heavy atom. The Bertz CT molecular complexity index is 487. The number of nitrogen functional groups attached to an aromatic ring is 1. The monoisotopic (exact) mass is 390 g/mol.